The SMILES string of the molecule is CS1(C)CCS(C)(C)N1Cc1cccc(Br)c1. The Morgan fingerprint density at radius 3 is 2.24 bits per heavy atom. The van der Waals surface area contributed by atoms with Crippen molar-refractivity contribution in [3.05, 3.63) is 34.3 Å². The quantitative estimate of drug-likeness (QED) is 0.781. The zero-order valence-electron chi connectivity index (χ0n) is 11.1. The summed E-state index contributed by atoms with van der Waals surface area (Å²) in [6, 6.07) is 8.74. The zero-order valence-corrected chi connectivity index (χ0v) is 14.3. The maximum Gasteiger partial charge on any atom is 0.0420 e. The highest BCUT2D eigenvalue weighted by atomic mass is 79.9. The van der Waals surface area contributed by atoms with Gasteiger partial charge in [-0.15, -0.1) is 0 Å². The molecule has 0 aromatic heterocycles. The van der Waals surface area contributed by atoms with Crippen molar-refractivity contribution in [3.8, 4) is 0 Å². The van der Waals surface area contributed by atoms with Crippen molar-refractivity contribution in [2.45, 2.75) is 6.54 Å². The average Bonchev–Trinajstić information content (AvgIpc) is 2.42. The molecule has 1 aliphatic rings. The molecule has 1 saturated heterocycles. The first-order valence-electron chi connectivity index (χ1n) is 5.76. The maximum absolute atomic E-state index is 3.56. The van der Waals surface area contributed by atoms with Crippen LogP contribution >= 0.6 is 36.4 Å². The van der Waals surface area contributed by atoms with Crippen LogP contribution in [-0.2, 0) is 6.54 Å². The highest BCUT2D eigenvalue weighted by molar-refractivity contribution is 9.10. The second-order valence-electron chi connectivity index (χ2n) is 5.49. The molecule has 0 amide bonds. The lowest BCUT2D eigenvalue weighted by molar-refractivity contribution is 0.720. The normalized spacial score (nSPS) is 26.6. The third-order valence-electron chi connectivity index (χ3n) is 3.39. The standard InChI is InChI=1S/C13H22BrNS2/c1-16(2)8-9-17(3,4)15(16)11-12-6-5-7-13(14)10-12/h5-7,10H,8-9,11H2,1-4H3. The summed E-state index contributed by atoms with van der Waals surface area (Å²) in [5.74, 6) is 2.81. The fourth-order valence-electron chi connectivity index (χ4n) is 2.29. The smallest absolute Gasteiger partial charge is 0.0420 e. The van der Waals surface area contributed by atoms with Crippen LogP contribution in [0.1, 0.15) is 5.56 Å². The number of rotatable bonds is 2. The largest absolute Gasteiger partial charge is 0.227 e. The van der Waals surface area contributed by atoms with E-state index in [2.05, 4.69) is 68.9 Å². The summed E-state index contributed by atoms with van der Waals surface area (Å²) in [4.78, 5) is 0. The fourth-order valence-corrected chi connectivity index (χ4v) is 12.2. The molecular formula is C13H22BrNS2. The van der Waals surface area contributed by atoms with Crippen LogP contribution in [0.15, 0.2) is 28.7 Å². The van der Waals surface area contributed by atoms with E-state index < -0.39 is 20.4 Å². The van der Waals surface area contributed by atoms with Crippen molar-refractivity contribution in [1.29, 1.82) is 0 Å². The first-order chi connectivity index (χ1) is 7.81. The molecule has 0 radical (unpaired) electrons. The molecular weight excluding hydrogens is 314 g/mol. The summed E-state index contributed by atoms with van der Waals surface area (Å²) in [6.45, 7) is 1.12. The van der Waals surface area contributed by atoms with E-state index in [0.29, 0.717) is 0 Å². The number of hydrogen-bond donors (Lipinski definition) is 0. The van der Waals surface area contributed by atoms with Crippen LogP contribution in [0.2, 0.25) is 0 Å². The molecule has 0 saturated carbocycles. The Balaban J connectivity index is 2.22. The van der Waals surface area contributed by atoms with Gasteiger partial charge in [0.2, 0.25) is 0 Å². The molecule has 17 heavy (non-hydrogen) atoms. The van der Waals surface area contributed by atoms with Crippen molar-refractivity contribution < 1.29 is 0 Å². The minimum Gasteiger partial charge on any atom is -0.227 e. The van der Waals surface area contributed by atoms with Crippen molar-refractivity contribution >= 4 is 36.4 Å². The summed E-state index contributed by atoms with van der Waals surface area (Å²) >= 11 is 3.56. The van der Waals surface area contributed by atoms with Gasteiger partial charge in [0.05, 0.1) is 0 Å². The van der Waals surface area contributed by atoms with Gasteiger partial charge in [0.15, 0.2) is 0 Å². The number of halogens is 1. The predicted octanol–water partition coefficient (Wildman–Crippen LogP) is 4.22. The van der Waals surface area contributed by atoms with E-state index in [4.69, 9.17) is 0 Å². The lowest BCUT2D eigenvalue weighted by Gasteiger charge is -2.46. The highest BCUT2D eigenvalue weighted by Gasteiger charge is 2.38. The third-order valence-corrected chi connectivity index (χ3v) is 11.4. The van der Waals surface area contributed by atoms with E-state index in [1.165, 1.54) is 21.5 Å². The van der Waals surface area contributed by atoms with Gasteiger partial charge in [0.25, 0.3) is 0 Å². The van der Waals surface area contributed by atoms with Gasteiger partial charge in [-0.2, -0.15) is 20.4 Å². The molecule has 4 heteroatoms. The van der Waals surface area contributed by atoms with Crippen LogP contribution in [0.3, 0.4) is 0 Å². The summed E-state index contributed by atoms with van der Waals surface area (Å²) < 4.78 is 4.00. The van der Waals surface area contributed by atoms with Gasteiger partial charge in [-0.25, -0.2) is 3.71 Å². The summed E-state index contributed by atoms with van der Waals surface area (Å²) in [5, 5.41) is 0. The second-order valence-corrected chi connectivity index (χ2v) is 14.3. The topological polar surface area (TPSA) is 3.24 Å². The van der Waals surface area contributed by atoms with Crippen LogP contribution in [0, 0.1) is 0 Å². The average molecular weight is 336 g/mol. The number of nitrogens with zero attached hydrogens (tertiary/aromatic N) is 1. The molecule has 1 heterocycles. The van der Waals surface area contributed by atoms with Gasteiger partial charge in [-0.1, -0.05) is 28.1 Å². The minimum absolute atomic E-state index is 0.551. The van der Waals surface area contributed by atoms with Crippen molar-refractivity contribution in [3.63, 3.8) is 0 Å². The van der Waals surface area contributed by atoms with E-state index in [9.17, 15) is 0 Å². The van der Waals surface area contributed by atoms with Gasteiger partial charge in [-0.3, -0.25) is 0 Å². The summed E-state index contributed by atoms with van der Waals surface area (Å²) in [6.07, 6.45) is 9.86. The molecule has 1 aromatic carbocycles. The summed E-state index contributed by atoms with van der Waals surface area (Å²) in [5.41, 5.74) is 1.43. The molecule has 1 aromatic rings. The minimum atomic E-state index is -0.551. The van der Waals surface area contributed by atoms with E-state index >= 15 is 0 Å². The van der Waals surface area contributed by atoms with E-state index in [0.717, 1.165) is 6.54 Å². The molecule has 0 unspecified atom stereocenters. The molecule has 2 rings (SSSR count). The van der Waals surface area contributed by atoms with Gasteiger partial charge in [0.1, 0.15) is 0 Å². The number of benzene rings is 1. The Labute approximate surface area is 117 Å². The van der Waals surface area contributed by atoms with Crippen LogP contribution in [-0.4, -0.2) is 40.2 Å². The van der Waals surface area contributed by atoms with E-state index in [-0.39, 0.29) is 0 Å². The lowest BCUT2D eigenvalue weighted by atomic mass is 10.2. The molecule has 0 N–H and O–H groups in total. The molecule has 0 bridgehead atoms. The molecule has 0 aliphatic carbocycles. The molecule has 1 aliphatic heterocycles. The third kappa shape index (κ3) is 3.03. The predicted molar refractivity (Wildman–Crippen MR) is 88.3 cm³/mol. The van der Waals surface area contributed by atoms with Crippen molar-refractivity contribution in [2.24, 2.45) is 0 Å². The molecule has 0 atom stereocenters. The molecule has 1 fully saturated rings. The number of hydrogen-bond acceptors (Lipinski definition) is 1. The van der Waals surface area contributed by atoms with Gasteiger partial charge in [-0.05, 0) is 54.2 Å². The second kappa shape index (κ2) is 4.80. The summed E-state index contributed by atoms with van der Waals surface area (Å²) in [7, 11) is -1.10. The molecule has 1 nitrogen and oxygen atoms in total. The van der Waals surface area contributed by atoms with Crippen molar-refractivity contribution in [1.82, 2.24) is 3.71 Å². The maximum atomic E-state index is 3.56. The fraction of sp³-hybridized carbons (Fsp3) is 0.538. The monoisotopic (exact) mass is 335 g/mol. The Morgan fingerprint density at radius 2 is 1.71 bits per heavy atom. The van der Waals surface area contributed by atoms with Crippen molar-refractivity contribution in [2.75, 3.05) is 36.5 Å². The van der Waals surface area contributed by atoms with Gasteiger partial charge < -0.3 is 0 Å². The Bertz CT molecular complexity index is 402. The van der Waals surface area contributed by atoms with Crippen LogP contribution in [0.4, 0.5) is 0 Å². The Kier molecular flexibility index (Phi) is 3.89. The molecule has 0 spiro atoms. The van der Waals surface area contributed by atoms with Crippen LogP contribution in [0.5, 0.6) is 0 Å². The van der Waals surface area contributed by atoms with E-state index in [1.807, 2.05) is 0 Å². The van der Waals surface area contributed by atoms with Crippen LogP contribution < -0.4 is 0 Å². The van der Waals surface area contributed by atoms with E-state index in [1.54, 1.807) is 0 Å². The zero-order chi connectivity index (χ0) is 12.7. The Morgan fingerprint density at radius 1 is 1.12 bits per heavy atom. The lowest BCUT2D eigenvalue weighted by Crippen LogP contribution is -2.23. The molecule has 98 valence electrons. The Hall–Kier alpha value is 0.360. The first kappa shape index (κ1) is 13.8. The van der Waals surface area contributed by atoms with Gasteiger partial charge >= 0.3 is 0 Å². The first-order valence-corrected chi connectivity index (χ1v) is 11.7. The highest BCUT2D eigenvalue weighted by Crippen LogP contribution is 2.67. The van der Waals surface area contributed by atoms with Crippen LogP contribution in [0.25, 0.3) is 0 Å². The van der Waals surface area contributed by atoms with Gasteiger partial charge in [0, 0.05) is 11.0 Å².